The molecule has 0 amide bonds. The van der Waals surface area contributed by atoms with Crippen LogP contribution in [0.3, 0.4) is 0 Å². The van der Waals surface area contributed by atoms with Gasteiger partial charge in [-0.05, 0) is 27.0 Å². The maximum atomic E-state index is 4.43. The molecule has 0 spiro atoms. The molecule has 1 N–H and O–H groups in total. The van der Waals surface area contributed by atoms with Crippen molar-refractivity contribution >= 4 is 12.6 Å². The highest BCUT2D eigenvalue weighted by atomic mass is 15.4. The number of hydrogen-bond acceptors (Lipinski definition) is 3. The number of aliphatic imine (C=N–C) groups is 1. The van der Waals surface area contributed by atoms with Crippen LogP contribution >= 0.6 is 0 Å². The van der Waals surface area contributed by atoms with Gasteiger partial charge in [0.15, 0.2) is 0 Å². The Balaban J connectivity index is 4.31. The Hall–Kier alpha value is -1.32. The van der Waals surface area contributed by atoms with Gasteiger partial charge in [0.05, 0.1) is 6.54 Å². The van der Waals surface area contributed by atoms with E-state index in [-0.39, 0.29) is 6.04 Å². The zero-order valence-electron chi connectivity index (χ0n) is 9.49. The van der Waals surface area contributed by atoms with E-state index in [4.69, 9.17) is 0 Å². The smallest absolute Gasteiger partial charge is 0.122 e. The van der Waals surface area contributed by atoms with Crippen LogP contribution in [-0.4, -0.2) is 37.2 Å². The summed E-state index contributed by atoms with van der Waals surface area (Å²) in [5.74, 6) is 0.896. The van der Waals surface area contributed by atoms with Crippen LogP contribution in [0.1, 0.15) is 20.8 Å². The first-order chi connectivity index (χ1) is 6.60. The van der Waals surface area contributed by atoms with E-state index < -0.39 is 0 Å². The van der Waals surface area contributed by atoms with E-state index in [0.717, 1.165) is 5.84 Å². The van der Waals surface area contributed by atoms with Crippen molar-refractivity contribution in [2.45, 2.75) is 26.8 Å². The van der Waals surface area contributed by atoms with Crippen LogP contribution < -0.4 is 5.32 Å². The van der Waals surface area contributed by atoms with Gasteiger partial charge in [-0.1, -0.05) is 6.08 Å². The number of amidine groups is 1. The van der Waals surface area contributed by atoms with Crippen molar-refractivity contribution in [3.05, 3.63) is 12.3 Å². The van der Waals surface area contributed by atoms with Crippen molar-refractivity contribution in [3.8, 4) is 0 Å². The minimum Gasteiger partial charge on any atom is -0.349 e. The first kappa shape index (κ1) is 12.7. The van der Waals surface area contributed by atoms with E-state index in [2.05, 4.69) is 22.1 Å². The molecule has 0 saturated carbocycles. The van der Waals surface area contributed by atoms with E-state index in [1.54, 1.807) is 5.01 Å². The van der Waals surface area contributed by atoms with Crippen LogP contribution in [0.5, 0.6) is 0 Å². The molecule has 0 fully saturated rings. The minimum atomic E-state index is 0.279. The van der Waals surface area contributed by atoms with Crippen LogP contribution in [0.2, 0.25) is 0 Å². The average molecular weight is 196 g/mol. The SMILES string of the molecule is C=NN(C)CC(=NC(C)C)N/C=C/C. The summed E-state index contributed by atoms with van der Waals surface area (Å²) in [6, 6.07) is 0.279. The van der Waals surface area contributed by atoms with Crippen LogP contribution in [0.15, 0.2) is 22.4 Å². The maximum Gasteiger partial charge on any atom is 0.122 e. The molecule has 0 heterocycles. The lowest BCUT2D eigenvalue weighted by atomic mass is 10.4. The third kappa shape index (κ3) is 6.22. The lowest BCUT2D eigenvalue weighted by molar-refractivity contribution is 0.407. The second-order valence-corrected chi connectivity index (χ2v) is 3.27. The number of likely N-dealkylation sites (N-methyl/N-ethyl adjacent to an activating group) is 1. The van der Waals surface area contributed by atoms with Crippen molar-refractivity contribution in [1.82, 2.24) is 10.3 Å². The largest absolute Gasteiger partial charge is 0.349 e. The summed E-state index contributed by atoms with van der Waals surface area (Å²) in [5.41, 5.74) is 0. The fraction of sp³-hybridized carbons (Fsp3) is 0.600. The highest BCUT2D eigenvalue weighted by Gasteiger charge is 2.00. The minimum absolute atomic E-state index is 0.279. The molecule has 0 rings (SSSR count). The normalized spacial score (nSPS) is 12.2. The molecule has 0 aliphatic rings. The Morgan fingerprint density at radius 3 is 2.64 bits per heavy atom. The van der Waals surface area contributed by atoms with Gasteiger partial charge in [0.25, 0.3) is 0 Å². The molecule has 80 valence electrons. The number of hydrazone groups is 1. The maximum absolute atomic E-state index is 4.43. The summed E-state index contributed by atoms with van der Waals surface area (Å²) in [6.07, 6.45) is 3.79. The molecule has 0 unspecified atom stereocenters. The molecule has 0 radical (unpaired) electrons. The van der Waals surface area contributed by atoms with Gasteiger partial charge in [-0.15, -0.1) is 0 Å². The van der Waals surface area contributed by atoms with Crippen molar-refractivity contribution < 1.29 is 0 Å². The summed E-state index contributed by atoms with van der Waals surface area (Å²) in [6.45, 7) is 10.1. The molecule has 14 heavy (non-hydrogen) atoms. The summed E-state index contributed by atoms with van der Waals surface area (Å²) >= 11 is 0. The van der Waals surface area contributed by atoms with Crippen LogP contribution in [0, 0.1) is 0 Å². The number of nitrogens with zero attached hydrogens (tertiary/aromatic N) is 3. The van der Waals surface area contributed by atoms with E-state index in [9.17, 15) is 0 Å². The van der Waals surface area contributed by atoms with Crippen molar-refractivity contribution in [3.63, 3.8) is 0 Å². The molecular formula is C10H20N4. The quantitative estimate of drug-likeness (QED) is 0.411. The van der Waals surface area contributed by atoms with Crippen LogP contribution in [0.4, 0.5) is 0 Å². The van der Waals surface area contributed by atoms with E-state index >= 15 is 0 Å². The Morgan fingerprint density at radius 1 is 1.57 bits per heavy atom. The van der Waals surface area contributed by atoms with Crippen LogP contribution in [0.25, 0.3) is 0 Å². The summed E-state index contributed by atoms with van der Waals surface area (Å²) in [4.78, 5) is 4.43. The molecule has 4 nitrogen and oxygen atoms in total. The standard InChI is InChI=1S/C10H20N4/c1-6-7-12-10(13-9(2)3)8-14(5)11-4/h6-7,9H,4,8H2,1-3,5H3,(H,12,13)/b7-6+. The second kappa shape index (κ2) is 7.12. The summed E-state index contributed by atoms with van der Waals surface area (Å²) in [7, 11) is 1.86. The topological polar surface area (TPSA) is 40.0 Å². The fourth-order valence-corrected chi connectivity index (χ4v) is 0.882. The molecule has 0 aromatic rings. The molecule has 4 heteroatoms. The predicted molar refractivity (Wildman–Crippen MR) is 62.7 cm³/mol. The number of nitrogens with one attached hydrogen (secondary N) is 1. The van der Waals surface area contributed by atoms with Crippen molar-refractivity contribution in [2.75, 3.05) is 13.6 Å². The van der Waals surface area contributed by atoms with Crippen molar-refractivity contribution in [2.24, 2.45) is 10.1 Å². The van der Waals surface area contributed by atoms with E-state index in [1.165, 1.54) is 0 Å². The summed E-state index contributed by atoms with van der Waals surface area (Å²) in [5, 5.41) is 8.62. The van der Waals surface area contributed by atoms with Gasteiger partial charge in [0.2, 0.25) is 0 Å². The molecule has 0 aromatic carbocycles. The average Bonchev–Trinajstić information content (AvgIpc) is 2.13. The van der Waals surface area contributed by atoms with Gasteiger partial charge in [-0.25, -0.2) is 0 Å². The molecule has 0 atom stereocenters. The molecular weight excluding hydrogens is 176 g/mol. The Morgan fingerprint density at radius 2 is 2.21 bits per heavy atom. The first-order valence-electron chi connectivity index (χ1n) is 4.72. The van der Waals surface area contributed by atoms with Crippen LogP contribution in [-0.2, 0) is 0 Å². The molecule has 0 bridgehead atoms. The monoisotopic (exact) mass is 196 g/mol. The van der Waals surface area contributed by atoms with Gasteiger partial charge >= 0.3 is 0 Å². The number of hydrogen-bond donors (Lipinski definition) is 1. The molecule has 0 aliphatic heterocycles. The molecule has 0 saturated heterocycles. The lowest BCUT2D eigenvalue weighted by Gasteiger charge is -2.14. The zero-order valence-corrected chi connectivity index (χ0v) is 9.49. The van der Waals surface area contributed by atoms with Gasteiger partial charge in [0, 0.05) is 19.8 Å². The Bertz CT molecular complexity index is 218. The van der Waals surface area contributed by atoms with Gasteiger partial charge in [-0.3, -0.25) is 10.0 Å². The van der Waals surface area contributed by atoms with Crippen molar-refractivity contribution in [1.29, 1.82) is 0 Å². The van der Waals surface area contributed by atoms with Gasteiger partial charge < -0.3 is 5.32 Å². The third-order valence-corrected chi connectivity index (χ3v) is 1.45. The summed E-state index contributed by atoms with van der Waals surface area (Å²) < 4.78 is 0. The number of rotatable bonds is 5. The van der Waals surface area contributed by atoms with Gasteiger partial charge in [-0.2, -0.15) is 5.10 Å². The Labute approximate surface area is 86.4 Å². The second-order valence-electron chi connectivity index (χ2n) is 3.27. The molecule has 0 aromatic heterocycles. The number of allylic oxidation sites excluding steroid dienone is 1. The van der Waals surface area contributed by atoms with E-state index in [0.29, 0.717) is 6.54 Å². The predicted octanol–water partition coefficient (Wildman–Crippen LogP) is 1.46. The zero-order chi connectivity index (χ0) is 11.0. The highest BCUT2D eigenvalue weighted by molar-refractivity contribution is 5.85. The highest BCUT2D eigenvalue weighted by Crippen LogP contribution is 1.90. The van der Waals surface area contributed by atoms with E-state index in [1.807, 2.05) is 40.1 Å². The third-order valence-electron chi connectivity index (χ3n) is 1.45. The lowest BCUT2D eigenvalue weighted by Crippen LogP contribution is -2.30. The Kier molecular flexibility index (Phi) is 6.45. The first-order valence-corrected chi connectivity index (χ1v) is 4.72. The fourth-order valence-electron chi connectivity index (χ4n) is 0.882. The molecule has 0 aliphatic carbocycles. The van der Waals surface area contributed by atoms with Gasteiger partial charge in [0.1, 0.15) is 5.84 Å².